The van der Waals surface area contributed by atoms with Crippen LogP contribution >= 0.6 is 11.6 Å². The van der Waals surface area contributed by atoms with Crippen LogP contribution in [0.2, 0.25) is 5.02 Å². The second-order valence-electron chi connectivity index (χ2n) is 5.46. The highest BCUT2D eigenvalue weighted by Crippen LogP contribution is 2.30. The quantitative estimate of drug-likeness (QED) is 0.664. The number of anilines is 3. The van der Waals surface area contributed by atoms with Crippen molar-refractivity contribution >= 4 is 34.7 Å². The minimum absolute atomic E-state index is 0.192. The van der Waals surface area contributed by atoms with Gasteiger partial charge in [0.2, 0.25) is 0 Å². The minimum atomic E-state index is -0.363. The van der Waals surface area contributed by atoms with E-state index in [1.807, 2.05) is 0 Å². The zero-order valence-electron chi connectivity index (χ0n) is 14.7. The van der Waals surface area contributed by atoms with Crippen LogP contribution in [0.15, 0.2) is 54.6 Å². The number of nitrogens with one attached hydrogen (secondary N) is 2. The molecule has 0 radical (unpaired) electrons. The normalized spacial score (nSPS) is 10.2. The van der Waals surface area contributed by atoms with Crippen molar-refractivity contribution in [3.63, 3.8) is 0 Å². The maximum Gasteiger partial charge on any atom is 0.276 e. The predicted molar refractivity (Wildman–Crippen MR) is 104 cm³/mol. The molecule has 0 aliphatic rings. The highest BCUT2D eigenvalue weighted by Gasteiger charge is 2.10. The summed E-state index contributed by atoms with van der Waals surface area (Å²) in [5.41, 5.74) is 1.51. The minimum Gasteiger partial charge on any atom is -0.497 e. The average Bonchev–Trinajstić information content (AvgIpc) is 2.70. The number of carbonyl (C=O) groups is 1. The molecule has 0 spiro atoms. The number of carbonyl (C=O) groups excluding carboxylic acids is 1. The van der Waals surface area contributed by atoms with Gasteiger partial charge in [-0.05, 0) is 48.5 Å². The molecule has 138 valence electrons. The van der Waals surface area contributed by atoms with Crippen molar-refractivity contribution in [2.75, 3.05) is 24.9 Å². The Kier molecular flexibility index (Phi) is 5.73. The van der Waals surface area contributed by atoms with Gasteiger partial charge in [-0.3, -0.25) is 4.79 Å². The maximum absolute atomic E-state index is 12.2. The number of methoxy groups -OCH3 is 2. The molecule has 0 fully saturated rings. The van der Waals surface area contributed by atoms with Crippen molar-refractivity contribution in [3.8, 4) is 11.5 Å². The van der Waals surface area contributed by atoms with E-state index < -0.39 is 0 Å². The molecule has 8 heteroatoms. The molecule has 3 rings (SSSR count). The standard InChI is InChI=1S/C19H17ClN4O3/c1-26-14-7-8-15(17(11-14)27-2)22-18-10-9-16(23-24-18)19(25)21-13-5-3-12(20)4-6-13/h3-11H,1-2H3,(H,21,25)(H,22,24). The average molecular weight is 385 g/mol. The van der Waals surface area contributed by atoms with Crippen LogP contribution in [0, 0.1) is 0 Å². The molecular weight excluding hydrogens is 368 g/mol. The van der Waals surface area contributed by atoms with Crippen molar-refractivity contribution in [2.24, 2.45) is 0 Å². The van der Waals surface area contributed by atoms with E-state index in [-0.39, 0.29) is 11.6 Å². The fraction of sp³-hybridized carbons (Fsp3) is 0.105. The summed E-state index contributed by atoms with van der Waals surface area (Å²) in [5, 5.41) is 14.4. The van der Waals surface area contributed by atoms with Gasteiger partial charge in [0, 0.05) is 16.8 Å². The van der Waals surface area contributed by atoms with Crippen molar-refractivity contribution in [2.45, 2.75) is 0 Å². The van der Waals surface area contributed by atoms with E-state index in [0.717, 1.165) is 0 Å². The Bertz CT molecular complexity index is 931. The molecule has 2 N–H and O–H groups in total. The van der Waals surface area contributed by atoms with Gasteiger partial charge in [0.05, 0.1) is 19.9 Å². The summed E-state index contributed by atoms with van der Waals surface area (Å²) in [6.45, 7) is 0. The lowest BCUT2D eigenvalue weighted by atomic mass is 10.2. The van der Waals surface area contributed by atoms with Crippen LogP contribution in [0.5, 0.6) is 11.5 Å². The summed E-state index contributed by atoms with van der Waals surface area (Å²) < 4.78 is 10.5. The first-order valence-electron chi connectivity index (χ1n) is 7.99. The number of hydrogen-bond donors (Lipinski definition) is 2. The Morgan fingerprint density at radius 3 is 2.37 bits per heavy atom. The number of benzene rings is 2. The fourth-order valence-corrected chi connectivity index (χ4v) is 2.41. The number of ether oxygens (including phenoxy) is 2. The zero-order chi connectivity index (χ0) is 19.2. The highest BCUT2D eigenvalue weighted by molar-refractivity contribution is 6.30. The first kappa shape index (κ1) is 18.5. The first-order chi connectivity index (χ1) is 13.1. The molecule has 3 aromatic rings. The van der Waals surface area contributed by atoms with Crippen molar-refractivity contribution in [1.29, 1.82) is 0 Å². The Morgan fingerprint density at radius 2 is 1.74 bits per heavy atom. The number of nitrogens with zero attached hydrogens (tertiary/aromatic N) is 2. The van der Waals surface area contributed by atoms with Gasteiger partial charge in [-0.15, -0.1) is 10.2 Å². The monoisotopic (exact) mass is 384 g/mol. The van der Waals surface area contributed by atoms with Gasteiger partial charge in [-0.1, -0.05) is 11.6 Å². The second kappa shape index (κ2) is 8.37. The number of rotatable bonds is 6. The van der Waals surface area contributed by atoms with Gasteiger partial charge >= 0.3 is 0 Å². The summed E-state index contributed by atoms with van der Waals surface area (Å²) in [5.74, 6) is 1.39. The molecule has 2 aromatic carbocycles. The van der Waals surface area contributed by atoms with Gasteiger partial charge in [-0.25, -0.2) is 0 Å². The Labute approximate surface area is 161 Å². The molecule has 7 nitrogen and oxygen atoms in total. The number of hydrogen-bond acceptors (Lipinski definition) is 6. The van der Waals surface area contributed by atoms with Crippen LogP contribution < -0.4 is 20.1 Å². The number of halogens is 1. The molecule has 0 unspecified atom stereocenters. The SMILES string of the molecule is COc1ccc(Nc2ccc(C(=O)Nc3ccc(Cl)cc3)nn2)c(OC)c1. The summed E-state index contributed by atoms with van der Waals surface area (Å²) >= 11 is 5.83. The lowest BCUT2D eigenvalue weighted by molar-refractivity contribution is 0.102. The van der Waals surface area contributed by atoms with E-state index in [0.29, 0.717) is 33.7 Å². The third-order valence-electron chi connectivity index (χ3n) is 3.67. The van der Waals surface area contributed by atoms with Gasteiger partial charge in [0.25, 0.3) is 5.91 Å². The third kappa shape index (κ3) is 4.65. The number of aromatic nitrogens is 2. The molecule has 0 saturated heterocycles. The van der Waals surface area contributed by atoms with E-state index in [9.17, 15) is 4.79 Å². The summed E-state index contributed by atoms with van der Waals surface area (Å²) in [6, 6.07) is 15.4. The van der Waals surface area contributed by atoms with Crippen molar-refractivity contribution in [3.05, 3.63) is 65.3 Å². The Balaban J connectivity index is 1.70. The van der Waals surface area contributed by atoms with Crippen LogP contribution in [-0.4, -0.2) is 30.3 Å². The fourth-order valence-electron chi connectivity index (χ4n) is 2.29. The van der Waals surface area contributed by atoms with Gasteiger partial charge in [0.1, 0.15) is 11.5 Å². The zero-order valence-corrected chi connectivity index (χ0v) is 15.4. The second-order valence-corrected chi connectivity index (χ2v) is 5.89. The molecule has 0 atom stereocenters. The topological polar surface area (TPSA) is 85.4 Å². The largest absolute Gasteiger partial charge is 0.497 e. The highest BCUT2D eigenvalue weighted by atomic mass is 35.5. The third-order valence-corrected chi connectivity index (χ3v) is 3.92. The lowest BCUT2D eigenvalue weighted by Gasteiger charge is -2.11. The van der Waals surface area contributed by atoms with E-state index in [4.69, 9.17) is 21.1 Å². The van der Waals surface area contributed by atoms with E-state index in [1.54, 1.807) is 68.8 Å². The summed E-state index contributed by atoms with van der Waals surface area (Å²) in [6.07, 6.45) is 0. The molecule has 0 saturated carbocycles. The molecule has 1 amide bonds. The van der Waals surface area contributed by atoms with Crippen molar-refractivity contribution < 1.29 is 14.3 Å². The summed E-state index contributed by atoms with van der Waals surface area (Å²) in [4.78, 5) is 12.2. The van der Waals surface area contributed by atoms with Crippen LogP contribution in [0.3, 0.4) is 0 Å². The Morgan fingerprint density at radius 1 is 0.963 bits per heavy atom. The molecule has 0 aliphatic heterocycles. The van der Waals surface area contributed by atoms with E-state index in [2.05, 4.69) is 20.8 Å². The van der Waals surface area contributed by atoms with E-state index >= 15 is 0 Å². The van der Waals surface area contributed by atoms with Gasteiger partial charge in [-0.2, -0.15) is 0 Å². The molecule has 0 bridgehead atoms. The van der Waals surface area contributed by atoms with Crippen LogP contribution in [0.1, 0.15) is 10.5 Å². The van der Waals surface area contributed by atoms with Crippen LogP contribution in [0.25, 0.3) is 0 Å². The van der Waals surface area contributed by atoms with Gasteiger partial charge < -0.3 is 20.1 Å². The molecule has 1 aromatic heterocycles. The Hall–Kier alpha value is -3.32. The smallest absolute Gasteiger partial charge is 0.276 e. The molecule has 1 heterocycles. The van der Waals surface area contributed by atoms with E-state index in [1.165, 1.54) is 0 Å². The van der Waals surface area contributed by atoms with Crippen molar-refractivity contribution in [1.82, 2.24) is 10.2 Å². The maximum atomic E-state index is 12.2. The summed E-state index contributed by atoms with van der Waals surface area (Å²) in [7, 11) is 3.15. The van der Waals surface area contributed by atoms with Gasteiger partial charge in [0.15, 0.2) is 11.5 Å². The first-order valence-corrected chi connectivity index (χ1v) is 8.36. The number of amides is 1. The predicted octanol–water partition coefficient (Wildman–Crippen LogP) is 4.14. The van der Waals surface area contributed by atoms with Crippen LogP contribution in [0.4, 0.5) is 17.2 Å². The molecule has 0 aliphatic carbocycles. The molecule has 27 heavy (non-hydrogen) atoms. The van der Waals surface area contributed by atoms with Crippen LogP contribution in [-0.2, 0) is 0 Å². The molecular formula is C19H17ClN4O3. The lowest BCUT2D eigenvalue weighted by Crippen LogP contribution is -2.14.